The van der Waals surface area contributed by atoms with Crippen molar-refractivity contribution in [2.24, 2.45) is 0 Å². The minimum atomic E-state index is 0. The highest BCUT2D eigenvalue weighted by Crippen LogP contribution is 2.27. The number of fused-ring (bicyclic) bond motifs is 1. The number of hydrogen-bond donors (Lipinski definition) is 2. The quantitative estimate of drug-likeness (QED) is 0.281. The molecule has 1 fully saturated rings. The van der Waals surface area contributed by atoms with Gasteiger partial charge in [0, 0.05) is 37.1 Å². The Labute approximate surface area is 210 Å². The smallest absolute Gasteiger partial charge is 0.320 e. The van der Waals surface area contributed by atoms with Gasteiger partial charge in [-0.15, -0.1) is 0 Å². The van der Waals surface area contributed by atoms with Crippen LogP contribution in [0.25, 0.3) is 11.2 Å². The SMILES string of the molecule is Cc1cccc(Nc2nc3nc(OCCc4ccccn4)nc(N4CCOCC4)c3[nH]2)c1.[Cl-].[Cl-]. The van der Waals surface area contributed by atoms with Gasteiger partial charge in [-0.25, -0.2) is 0 Å². The van der Waals surface area contributed by atoms with Gasteiger partial charge in [-0.3, -0.25) is 4.98 Å². The third kappa shape index (κ3) is 6.05. The number of aryl methyl sites for hydroxylation is 1. The second-order valence-corrected chi connectivity index (χ2v) is 7.63. The Morgan fingerprint density at radius 3 is 2.68 bits per heavy atom. The highest BCUT2D eigenvalue weighted by Gasteiger charge is 2.21. The summed E-state index contributed by atoms with van der Waals surface area (Å²) < 4.78 is 11.4. The zero-order chi connectivity index (χ0) is 21.8. The summed E-state index contributed by atoms with van der Waals surface area (Å²) in [6.45, 7) is 5.30. The maximum Gasteiger partial charge on any atom is 0.320 e. The van der Waals surface area contributed by atoms with Gasteiger partial charge in [-0.05, 0) is 36.8 Å². The summed E-state index contributed by atoms with van der Waals surface area (Å²) in [7, 11) is 0. The number of halogens is 2. The molecule has 0 radical (unpaired) electrons. The van der Waals surface area contributed by atoms with Gasteiger partial charge < -0.3 is 49.5 Å². The van der Waals surface area contributed by atoms with E-state index in [1.807, 2.05) is 30.3 Å². The molecule has 4 aromatic rings. The Hall–Kier alpha value is -3.14. The van der Waals surface area contributed by atoms with Gasteiger partial charge in [0.2, 0.25) is 5.95 Å². The molecule has 0 saturated carbocycles. The predicted octanol–water partition coefficient (Wildman–Crippen LogP) is -2.73. The first kappa shape index (κ1) is 25.5. The first-order valence-electron chi connectivity index (χ1n) is 10.7. The molecule has 3 aromatic heterocycles. The molecule has 0 atom stereocenters. The second-order valence-electron chi connectivity index (χ2n) is 7.63. The predicted molar refractivity (Wildman–Crippen MR) is 123 cm³/mol. The molecule has 180 valence electrons. The van der Waals surface area contributed by atoms with Crippen molar-refractivity contribution in [3.05, 3.63) is 59.9 Å². The normalized spacial score (nSPS) is 13.1. The van der Waals surface area contributed by atoms with E-state index in [9.17, 15) is 0 Å². The molecular formula is C23H25Cl2N7O2-2. The maximum absolute atomic E-state index is 5.90. The third-order valence-corrected chi connectivity index (χ3v) is 5.22. The summed E-state index contributed by atoms with van der Waals surface area (Å²) in [5.41, 5.74) is 4.43. The monoisotopic (exact) mass is 501 g/mol. The molecule has 1 aliphatic heterocycles. The van der Waals surface area contributed by atoms with Crippen LogP contribution in [0.2, 0.25) is 0 Å². The topological polar surface area (TPSA) is 101 Å². The molecule has 1 saturated heterocycles. The van der Waals surface area contributed by atoms with Gasteiger partial charge >= 0.3 is 6.01 Å². The molecule has 2 N–H and O–H groups in total. The largest absolute Gasteiger partial charge is 1.00 e. The zero-order valence-electron chi connectivity index (χ0n) is 18.7. The van der Waals surface area contributed by atoms with Crippen LogP contribution in [0.5, 0.6) is 6.01 Å². The number of aromatic nitrogens is 5. The van der Waals surface area contributed by atoms with E-state index in [0.29, 0.717) is 43.8 Å². The van der Waals surface area contributed by atoms with Crippen LogP contribution in [-0.4, -0.2) is 57.8 Å². The van der Waals surface area contributed by atoms with Crippen LogP contribution >= 0.6 is 0 Å². The first-order chi connectivity index (χ1) is 15.7. The average Bonchev–Trinajstić information content (AvgIpc) is 3.22. The van der Waals surface area contributed by atoms with Crippen LogP contribution in [0.4, 0.5) is 17.5 Å². The maximum atomic E-state index is 5.90. The number of anilines is 3. The third-order valence-electron chi connectivity index (χ3n) is 5.22. The van der Waals surface area contributed by atoms with Gasteiger partial charge in [0.1, 0.15) is 5.52 Å². The van der Waals surface area contributed by atoms with Crippen molar-refractivity contribution < 1.29 is 34.3 Å². The fourth-order valence-corrected chi connectivity index (χ4v) is 3.64. The van der Waals surface area contributed by atoms with E-state index < -0.39 is 0 Å². The molecule has 11 heteroatoms. The van der Waals surface area contributed by atoms with Crippen molar-refractivity contribution >= 4 is 28.6 Å². The van der Waals surface area contributed by atoms with Crippen molar-refractivity contribution in [3.8, 4) is 6.01 Å². The van der Waals surface area contributed by atoms with Crippen LogP contribution in [-0.2, 0) is 11.2 Å². The summed E-state index contributed by atoms with van der Waals surface area (Å²) in [5.74, 6) is 1.39. The van der Waals surface area contributed by atoms with Gasteiger partial charge in [-0.2, -0.15) is 15.0 Å². The highest BCUT2D eigenvalue weighted by molar-refractivity contribution is 5.86. The molecule has 4 heterocycles. The van der Waals surface area contributed by atoms with Gasteiger partial charge in [-0.1, -0.05) is 18.2 Å². The lowest BCUT2D eigenvalue weighted by molar-refractivity contribution is -0.00100. The number of ether oxygens (including phenoxy) is 2. The van der Waals surface area contributed by atoms with E-state index in [-0.39, 0.29) is 24.8 Å². The Kier molecular flexibility index (Phi) is 8.86. The average molecular weight is 502 g/mol. The number of nitrogens with zero attached hydrogens (tertiary/aromatic N) is 5. The Bertz CT molecular complexity index is 1200. The number of nitrogens with one attached hydrogen (secondary N) is 2. The molecule has 0 spiro atoms. The molecule has 5 rings (SSSR count). The van der Waals surface area contributed by atoms with Gasteiger partial charge in [0.05, 0.1) is 19.8 Å². The van der Waals surface area contributed by atoms with Crippen LogP contribution in [0, 0.1) is 6.92 Å². The molecular weight excluding hydrogens is 477 g/mol. The van der Waals surface area contributed by atoms with Crippen LogP contribution in [0.15, 0.2) is 48.7 Å². The minimum Gasteiger partial charge on any atom is -1.00 e. The molecule has 9 nitrogen and oxygen atoms in total. The Balaban J connectivity index is 0.00000162. The first-order valence-corrected chi connectivity index (χ1v) is 10.7. The molecule has 1 aliphatic rings. The van der Waals surface area contributed by atoms with E-state index in [2.05, 4.69) is 49.2 Å². The van der Waals surface area contributed by atoms with Crippen molar-refractivity contribution in [1.29, 1.82) is 0 Å². The summed E-state index contributed by atoms with van der Waals surface area (Å²) in [6.07, 6.45) is 2.46. The number of H-pyrrole nitrogens is 1. The standard InChI is InChI=1S/C23H25N7O2.2ClH/c1-16-5-4-7-18(15-16)25-22-26-19-20(27-22)28-23(29-21(19)30-10-13-31-14-11-30)32-12-8-17-6-2-3-9-24-17;;/h2-7,9,15H,8,10-14H2,1H3,(H2,25,26,27,28,29);2*1H/p-2. The van der Waals surface area contributed by atoms with Crippen LogP contribution in [0.1, 0.15) is 11.3 Å². The van der Waals surface area contributed by atoms with E-state index in [4.69, 9.17) is 14.5 Å². The second kappa shape index (κ2) is 11.8. The van der Waals surface area contributed by atoms with Gasteiger partial charge in [0.25, 0.3) is 0 Å². The van der Waals surface area contributed by atoms with Crippen molar-refractivity contribution in [1.82, 2.24) is 24.9 Å². The van der Waals surface area contributed by atoms with Crippen LogP contribution in [0.3, 0.4) is 0 Å². The van der Waals surface area contributed by atoms with E-state index in [1.54, 1.807) is 6.20 Å². The number of imidazole rings is 1. The molecule has 0 bridgehead atoms. The summed E-state index contributed by atoms with van der Waals surface area (Å²) in [4.78, 5) is 23.8. The molecule has 0 aliphatic carbocycles. The fourth-order valence-electron chi connectivity index (χ4n) is 3.64. The molecule has 1 aromatic carbocycles. The number of aromatic amines is 1. The molecule has 34 heavy (non-hydrogen) atoms. The molecule has 0 amide bonds. The lowest BCUT2D eigenvalue weighted by Crippen LogP contribution is -3.00. The van der Waals surface area contributed by atoms with Crippen molar-refractivity contribution in [2.45, 2.75) is 13.3 Å². The Morgan fingerprint density at radius 2 is 1.91 bits per heavy atom. The number of morpholine rings is 1. The van der Waals surface area contributed by atoms with E-state index >= 15 is 0 Å². The minimum absolute atomic E-state index is 0. The van der Waals surface area contributed by atoms with E-state index in [0.717, 1.165) is 35.8 Å². The van der Waals surface area contributed by atoms with Crippen molar-refractivity contribution in [2.75, 3.05) is 43.1 Å². The number of hydrogen-bond acceptors (Lipinski definition) is 8. The van der Waals surface area contributed by atoms with Crippen LogP contribution < -0.4 is 39.8 Å². The Morgan fingerprint density at radius 1 is 1.06 bits per heavy atom. The van der Waals surface area contributed by atoms with Gasteiger partial charge in [0.15, 0.2) is 11.5 Å². The summed E-state index contributed by atoms with van der Waals surface area (Å²) in [6, 6.07) is 14.3. The summed E-state index contributed by atoms with van der Waals surface area (Å²) >= 11 is 0. The summed E-state index contributed by atoms with van der Waals surface area (Å²) in [5, 5.41) is 3.32. The zero-order valence-corrected chi connectivity index (χ0v) is 20.2. The molecule has 0 unspecified atom stereocenters. The lowest BCUT2D eigenvalue weighted by atomic mass is 10.2. The number of pyridine rings is 1. The lowest BCUT2D eigenvalue weighted by Gasteiger charge is -2.28. The fraction of sp³-hybridized carbons (Fsp3) is 0.304. The van der Waals surface area contributed by atoms with Crippen molar-refractivity contribution in [3.63, 3.8) is 0 Å². The number of benzene rings is 1. The highest BCUT2D eigenvalue weighted by atomic mass is 35.5. The number of rotatable bonds is 7. The van der Waals surface area contributed by atoms with E-state index in [1.165, 1.54) is 5.56 Å².